The van der Waals surface area contributed by atoms with Gasteiger partial charge in [-0.15, -0.1) is 0 Å². The highest BCUT2D eigenvalue weighted by molar-refractivity contribution is 6.30. The van der Waals surface area contributed by atoms with E-state index in [0.29, 0.717) is 12.0 Å². The average Bonchev–Trinajstić information content (AvgIpc) is 2.29. The summed E-state index contributed by atoms with van der Waals surface area (Å²) in [5.41, 5.74) is 1.43. The van der Waals surface area contributed by atoms with Crippen LogP contribution in [0.2, 0.25) is 5.02 Å². The second-order valence-electron chi connectivity index (χ2n) is 4.88. The molecule has 2 atom stereocenters. The zero-order chi connectivity index (χ0) is 11.7. The van der Waals surface area contributed by atoms with Crippen molar-refractivity contribution in [2.24, 2.45) is 11.8 Å². The van der Waals surface area contributed by atoms with Gasteiger partial charge in [-0.05, 0) is 42.0 Å². The van der Waals surface area contributed by atoms with Crippen LogP contribution >= 0.6 is 11.6 Å². The molecule has 0 aromatic heterocycles. The first kappa shape index (κ1) is 11.9. The number of hydrogen-bond donors (Lipinski definition) is 1. The summed E-state index contributed by atoms with van der Waals surface area (Å²) in [4.78, 5) is 0. The van der Waals surface area contributed by atoms with E-state index in [9.17, 15) is 0 Å². The van der Waals surface area contributed by atoms with Gasteiger partial charge in [0.2, 0.25) is 0 Å². The average molecular weight is 238 g/mol. The highest BCUT2D eigenvalue weighted by atomic mass is 35.5. The number of benzene rings is 1. The fourth-order valence-electron chi connectivity index (χ4n) is 3.16. The van der Waals surface area contributed by atoms with Gasteiger partial charge in [-0.2, -0.15) is 0 Å². The van der Waals surface area contributed by atoms with Gasteiger partial charge in [-0.1, -0.05) is 44.5 Å². The third-order valence-corrected chi connectivity index (χ3v) is 4.21. The minimum absolute atomic E-state index is 0.672. The zero-order valence-corrected chi connectivity index (χ0v) is 11.0. The van der Waals surface area contributed by atoms with Gasteiger partial charge in [0.1, 0.15) is 0 Å². The molecule has 1 aliphatic rings. The summed E-state index contributed by atoms with van der Waals surface area (Å²) >= 11 is 5.92. The van der Waals surface area contributed by atoms with Crippen LogP contribution in [0.15, 0.2) is 24.3 Å². The molecule has 0 amide bonds. The van der Waals surface area contributed by atoms with Gasteiger partial charge in [0.25, 0.3) is 0 Å². The standard InChI is InChI=1S/C14H20ClN/c1-4-16-14-9(2)13(10(14)3)11-5-7-12(15)8-6-11/h5-10,13-14,16H,4H2,1-3H3. The SMILES string of the molecule is CCNC1C(C)C(c2ccc(Cl)cc2)C1C. The smallest absolute Gasteiger partial charge is 0.0406 e. The molecule has 0 saturated heterocycles. The van der Waals surface area contributed by atoms with Crippen molar-refractivity contribution in [3.05, 3.63) is 34.9 Å². The summed E-state index contributed by atoms with van der Waals surface area (Å²) < 4.78 is 0. The monoisotopic (exact) mass is 237 g/mol. The van der Waals surface area contributed by atoms with Crippen LogP contribution in [0.4, 0.5) is 0 Å². The molecule has 0 bridgehead atoms. The molecular formula is C14H20ClN. The van der Waals surface area contributed by atoms with E-state index < -0.39 is 0 Å². The second kappa shape index (κ2) is 4.77. The summed E-state index contributed by atoms with van der Waals surface area (Å²) in [6, 6.07) is 9.00. The number of nitrogens with one attached hydrogen (secondary N) is 1. The second-order valence-corrected chi connectivity index (χ2v) is 5.32. The van der Waals surface area contributed by atoms with Crippen molar-refractivity contribution < 1.29 is 0 Å². The van der Waals surface area contributed by atoms with Gasteiger partial charge in [-0.25, -0.2) is 0 Å². The third-order valence-electron chi connectivity index (χ3n) is 3.96. The van der Waals surface area contributed by atoms with Crippen molar-refractivity contribution in [2.45, 2.75) is 32.7 Å². The molecule has 1 aliphatic carbocycles. The number of hydrogen-bond acceptors (Lipinski definition) is 1. The lowest BCUT2D eigenvalue weighted by molar-refractivity contribution is 0.0982. The summed E-state index contributed by atoms with van der Waals surface area (Å²) in [6.07, 6.45) is 0. The van der Waals surface area contributed by atoms with Crippen molar-refractivity contribution in [2.75, 3.05) is 6.54 Å². The summed E-state index contributed by atoms with van der Waals surface area (Å²) in [7, 11) is 0. The van der Waals surface area contributed by atoms with Crippen LogP contribution in [0.3, 0.4) is 0 Å². The largest absolute Gasteiger partial charge is 0.314 e. The van der Waals surface area contributed by atoms with E-state index in [1.54, 1.807) is 0 Å². The lowest BCUT2D eigenvalue weighted by Crippen LogP contribution is -2.54. The van der Waals surface area contributed by atoms with Crippen LogP contribution in [-0.2, 0) is 0 Å². The Bertz CT molecular complexity index is 336. The Kier molecular flexibility index (Phi) is 3.56. The zero-order valence-electron chi connectivity index (χ0n) is 10.2. The topological polar surface area (TPSA) is 12.0 Å². The first-order chi connectivity index (χ1) is 7.65. The normalized spacial score (nSPS) is 33.5. The Morgan fingerprint density at radius 2 is 1.69 bits per heavy atom. The maximum atomic E-state index is 5.92. The molecule has 0 heterocycles. The number of rotatable bonds is 3. The van der Waals surface area contributed by atoms with E-state index in [0.717, 1.165) is 23.4 Å². The molecule has 1 aromatic rings. The molecule has 2 rings (SSSR count). The maximum Gasteiger partial charge on any atom is 0.0406 e. The quantitative estimate of drug-likeness (QED) is 0.846. The highest BCUT2D eigenvalue weighted by Gasteiger charge is 2.44. The summed E-state index contributed by atoms with van der Waals surface area (Å²) in [5, 5.41) is 4.39. The lowest BCUT2D eigenvalue weighted by Gasteiger charge is -2.50. The van der Waals surface area contributed by atoms with Crippen LogP contribution in [0.5, 0.6) is 0 Å². The molecular weight excluding hydrogens is 218 g/mol. The predicted molar refractivity (Wildman–Crippen MR) is 70.0 cm³/mol. The first-order valence-electron chi connectivity index (χ1n) is 6.14. The molecule has 1 nitrogen and oxygen atoms in total. The fourth-order valence-corrected chi connectivity index (χ4v) is 3.28. The summed E-state index contributed by atoms with van der Waals surface area (Å²) in [6.45, 7) is 7.92. The molecule has 16 heavy (non-hydrogen) atoms. The van der Waals surface area contributed by atoms with Gasteiger partial charge < -0.3 is 5.32 Å². The van der Waals surface area contributed by atoms with Crippen LogP contribution in [-0.4, -0.2) is 12.6 Å². The molecule has 1 N–H and O–H groups in total. The molecule has 0 spiro atoms. The molecule has 0 aliphatic heterocycles. The summed E-state index contributed by atoms with van der Waals surface area (Å²) in [5.74, 6) is 2.12. The van der Waals surface area contributed by atoms with Crippen molar-refractivity contribution in [3.63, 3.8) is 0 Å². The van der Waals surface area contributed by atoms with Crippen molar-refractivity contribution >= 4 is 11.6 Å². The highest BCUT2D eigenvalue weighted by Crippen LogP contribution is 2.47. The van der Waals surface area contributed by atoms with E-state index in [4.69, 9.17) is 11.6 Å². The molecule has 0 radical (unpaired) electrons. The van der Waals surface area contributed by atoms with Crippen LogP contribution in [0.1, 0.15) is 32.3 Å². The van der Waals surface area contributed by atoms with Crippen molar-refractivity contribution in [1.29, 1.82) is 0 Å². The Balaban J connectivity index is 2.10. The molecule has 2 heteroatoms. The van der Waals surface area contributed by atoms with E-state index in [-0.39, 0.29) is 0 Å². The minimum Gasteiger partial charge on any atom is -0.314 e. The van der Waals surface area contributed by atoms with Crippen LogP contribution < -0.4 is 5.32 Å². The van der Waals surface area contributed by atoms with Gasteiger partial charge in [-0.3, -0.25) is 0 Å². The van der Waals surface area contributed by atoms with Gasteiger partial charge >= 0.3 is 0 Å². The van der Waals surface area contributed by atoms with Crippen LogP contribution in [0, 0.1) is 11.8 Å². The molecule has 1 aromatic carbocycles. The number of halogens is 1. The Labute approximate surface area is 103 Å². The van der Waals surface area contributed by atoms with E-state index in [1.807, 2.05) is 12.1 Å². The molecule has 1 saturated carbocycles. The molecule has 1 fully saturated rings. The maximum absolute atomic E-state index is 5.92. The van der Waals surface area contributed by atoms with E-state index in [1.165, 1.54) is 5.56 Å². The van der Waals surface area contributed by atoms with Crippen molar-refractivity contribution in [1.82, 2.24) is 5.32 Å². The van der Waals surface area contributed by atoms with E-state index >= 15 is 0 Å². The third kappa shape index (κ3) is 1.99. The minimum atomic E-state index is 0.672. The molecule has 2 unspecified atom stereocenters. The first-order valence-corrected chi connectivity index (χ1v) is 6.51. The Hall–Kier alpha value is -0.530. The van der Waals surface area contributed by atoms with E-state index in [2.05, 4.69) is 38.2 Å². The lowest BCUT2D eigenvalue weighted by atomic mass is 9.59. The van der Waals surface area contributed by atoms with Gasteiger partial charge in [0.05, 0.1) is 0 Å². The Morgan fingerprint density at radius 1 is 1.12 bits per heavy atom. The van der Waals surface area contributed by atoms with Gasteiger partial charge in [0.15, 0.2) is 0 Å². The molecule has 88 valence electrons. The van der Waals surface area contributed by atoms with Crippen molar-refractivity contribution in [3.8, 4) is 0 Å². The fraction of sp³-hybridized carbons (Fsp3) is 0.571. The predicted octanol–water partition coefficient (Wildman–Crippen LogP) is 3.69. The van der Waals surface area contributed by atoms with Gasteiger partial charge in [0, 0.05) is 11.1 Å². The van der Waals surface area contributed by atoms with Crippen LogP contribution in [0.25, 0.3) is 0 Å². The Morgan fingerprint density at radius 3 is 2.19 bits per heavy atom.